The van der Waals surface area contributed by atoms with Gasteiger partial charge in [0.1, 0.15) is 6.54 Å². The molecule has 1 amide bonds. The van der Waals surface area contributed by atoms with Crippen LogP contribution in [0.1, 0.15) is 10.4 Å². The molecule has 3 nitrogen and oxygen atoms in total. The Morgan fingerprint density at radius 3 is 2.43 bits per heavy atom. The van der Waals surface area contributed by atoms with E-state index in [-0.39, 0.29) is 18.7 Å². The molecule has 0 aromatic heterocycles. The standard InChI is InChI=1S/C15H15F3N2O/c16-15(17,18)10-20(9-8-19)14(21)13-7-3-5-11-4-1-2-6-12(11)13/h1-7H,8-10,19H2. The fraction of sp³-hybridized carbons (Fsp3) is 0.267. The van der Waals surface area contributed by atoms with Crippen LogP contribution >= 0.6 is 0 Å². The molecule has 0 aliphatic rings. The van der Waals surface area contributed by atoms with Crippen LogP contribution in [0, 0.1) is 0 Å². The second kappa shape index (κ2) is 6.13. The maximum Gasteiger partial charge on any atom is 0.406 e. The third-order valence-corrected chi connectivity index (χ3v) is 3.08. The van der Waals surface area contributed by atoms with Crippen LogP contribution in [0.5, 0.6) is 0 Å². The van der Waals surface area contributed by atoms with Crippen molar-refractivity contribution in [1.29, 1.82) is 0 Å². The van der Waals surface area contributed by atoms with Gasteiger partial charge in [0.15, 0.2) is 0 Å². The number of carbonyl (C=O) groups is 1. The Labute approximate surface area is 120 Å². The Balaban J connectivity index is 2.39. The lowest BCUT2D eigenvalue weighted by atomic mass is 10.0. The highest BCUT2D eigenvalue weighted by atomic mass is 19.4. The molecule has 0 aliphatic heterocycles. The van der Waals surface area contributed by atoms with Crippen molar-refractivity contribution in [2.45, 2.75) is 6.18 Å². The van der Waals surface area contributed by atoms with Crippen LogP contribution in [0.25, 0.3) is 10.8 Å². The van der Waals surface area contributed by atoms with Gasteiger partial charge in [0.05, 0.1) is 0 Å². The summed E-state index contributed by atoms with van der Waals surface area (Å²) >= 11 is 0. The fourth-order valence-electron chi connectivity index (χ4n) is 2.21. The molecule has 2 rings (SSSR count). The van der Waals surface area contributed by atoms with Crippen LogP contribution in [0.3, 0.4) is 0 Å². The quantitative estimate of drug-likeness (QED) is 0.943. The summed E-state index contributed by atoms with van der Waals surface area (Å²) in [5.41, 5.74) is 5.57. The number of hydrogen-bond donors (Lipinski definition) is 1. The Hall–Kier alpha value is -2.08. The molecule has 0 heterocycles. The van der Waals surface area contributed by atoms with Crippen molar-refractivity contribution < 1.29 is 18.0 Å². The molecule has 2 N–H and O–H groups in total. The molecule has 2 aromatic carbocycles. The van der Waals surface area contributed by atoms with Crippen LogP contribution in [0.4, 0.5) is 13.2 Å². The maximum absolute atomic E-state index is 12.6. The minimum Gasteiger partial charge on any atom is -0.329 e. The van der Waals surface area contributed by atoms with Gasteiger partial charge in [-0.2, -0.15) is 13.2 Å². The summed E-state index contributed by atoms with van der Waals surface area (Å²) in [7, 11) is 0. The van der Waals surface area contributed by atoms with Crippen molar-refractivity contribution in [2.24, 2.45) is 5.73 Å². The Morgan fingerprint density at radius 1 is 1.10 bits per heavy atom. The third kappa shape index (κ3) is 3.72. The summed E-state index contributed by atoms with van der Waals surface area (Å²) in [5, 5.41) is 1.44. The van der Waals surface area contributed by atoms with E-state index in [4.69, 9.17) is 5.73 Å². The number of carbonyl (C=O) groups excluding carboxylic acids is 1. The molecule has 0 radical (unpaired) electrons. The monoisotopic (exact) mass is 296 g/mol. The molecule has 2 aromatic rings. The Bertz CT molecular complexity index is 635. The van der Waals surface area contributed by atoms with Crippen molar-refractivity contribution in [3.63, 3.8) is 0 Å². The van der Waals surface area contributed by atoms with Crippen LogP contribution in [-0.4, -0.2) is 36.6 Å². The smallest absolute Gasteiger partial charge is 0.329 e. The predicted molar refractivity (Wildman–Crippen MR) is 75.0 cm³/mol. The van der Waals surface area contributed by atoms with Gasteiger partial charge in [-0.25, -0.2) is 0 Å². The van der Waals surface area contributed by atoms with Crippen molar-refractivity contribution in [3.05, 3.63) is 48.0 Å². The molecule has 0 atom stereocenters. The van der Waals surface area contributed by atoms with Gasteiger partial charge in [0.2, 0.25) is 0 Å². The van der Waals surface area contributed by atoms with E-state index >= 15 is 0 Å². The number of benzene rings is 2. The molecule has 21 heavy (non-hydrogen) atoms. The molecule has 6 heteroatoms. The highest BCUT2D eigenvalue weighted by Crippen LogP contribution is 2.22. The number of hydrogen-bond acceptors (Lipinski definition) is 2. The topological polar surface area (TPSA) is 46.3 Å². The van der Waals surface area contributed by atoms with Gasteiger partial charge in [0.25, 0.3) is 5.91 Å². The molecule has 0 spiro atoms. The second-order valence-corrected chi connectivity index (χ2v) is 4.66. The number of nitrogens with two attached hydrogens (primary N) is 1. The van der Waals surface area contributed by atoms with E-state index in [0.717, 1.165) is 10.3 Å². The summed E-state index contributed by atoms with van der Waals surface area (Å²) in [6, 6.07) is 12.1. The minimum absolute atomic E-state index is 0.0212. The van der Waals surface area contributed by atoms with E-state index in [2.05, 4.69) is 0 Å². The average Bonchev–Trinajstić information content (AvgIpc) is 2.44. The van der Waals surface area contributed by atoms with Crippen molar-refractivity contribution in [3.8, 4) is 0 Å². The molecule has 0 unspecified atom stereocenters. The average molecular weight is 296 g/mol. The van der Waals surface area contributed by atoms with Crippen molar-refractivity contribution >= 4 is 16.7 Å². The first-order valence-electron chi connectivity index (χ1n) is 6.46. The first-order valence-corrected chi connectivity index (χ1v) is 6.46. The molecular weight excluding hydrogens is 281 g/mol. The number of alkyl halides is 3. The summed E-state index contributed by atoms with van der Waals surface area (Å²) in [5.74, 6) is -0.658. The Morgan fingerprint density at radius 2 is 1.76 bits per heavy atom. The lowest BCUT2D eigenvalue weighted by Gasteiger charge is -2.24. The van der Waals surface area contributed by atoms with E-state index < -0.39 is 18.6 Å². The van der Waals surface area contributed by atoms with Crippen LogP contribution in [0.2, 0.25) is 0 Å². The predicted octanol–water partition coefficient (Wildman–Crippen LogP) is 2.80. The number of rotatable bonds is 4. The lowest BCUT2D eigenvalue weighted by molar-refractivity contribution is -0.140. The van der Waals surface area contributed by atoms with Gasteiger partial charge in [-0.3, -0.25) is 4.79 Å². The molecule has 0 bridgehead atoms. The van der Waals surface area contributed by atoms with Crippen LogP contribution < -0.4 is 5.73 Å². The zero-order valence-electron chi connectivity index (χ0n) is 11.2. The van der Waals surface area contributed by atoms with E-state index in [0.29, 0.717) is 5.39 Å². The minimum atomic E-state index is -4.45. The Kier molecular flexibility index (Phi) is 4.47. The largest absolute Gasteiger partial charge is 0.406 e. The van der Waals surface area contributed by atoms with Gasteiger partial charge in [-0.1, -0.05) is 36.4 Å². The summed E-state index contributed by atoms with van der Waals surface area (Å²) in [6.07, 6.45) is -4.45. The maximum atomic E-state index is 12.6. The van der Waals surface area contributed by atoms with Crippen LogP contribution in [-0.2, 0) is 0 Å². The highest BCUT2D eigenvalue weighted by Gasteiger charge is 2.33. The van der Waals surface area contributed by atoms with E-state index in [1.807, 2.05) is 18.2 Å². The summed E-state index contributed by atoms with van der Waals surface area (Å²) < 4.78 is 37.8. The van der Waals surface area contributed by atoms with Crippen molar-refractivity contribution in [1.82, 2.24) is 4.90 Å². The van der Waals surface area contributed by atoms with Gasteiger partial charge < -0.3 is 10.6 Å². The van der Waals surface area contributed by atoms with E-state index in [1.165, 1.54) is 6.07 Å². The number of nitrogens with zero attached hydrogens (tertiary/aromatic N) is 1. The zero-order valence-corrected chi connectivity index (χ0v) is 11.2. The van der Waals surface area contributed by atoms with Gasteiger partial charge in [0, 0.05) is 18.7 Å². The molecule has 0 fully saturated rings. The molecule has 0 saturated heterocycles. The highest BCUT2D eigenvalue weighted by molar-refractivity contribution is 6.07. The van der Waals surface area contributed by atoms with Gasteiger partial charge in [-0.15, -0.1) is 0 Å². The first-order chi connectivity index (χ1) is 9.92. The third-order valence-electron chi connectivity index (χ3n) is 3.08. The fourth-order valence-corrected chi connectivity index (χ4v) is 2.21. The second-order valence-electron chi connectivity index (χ2n) is 4.66. The lowest BCUT2D eigenvalue weighted by Crippen LogP contribution is -2.41. The van der Waals surface area contributed by atoms with E-state index in [1.54, 1.807) is 18.2 Å². The molecular formula is C15H15F3N2O. The number of fused-ring (bicyclic) bond motifs is 1. The number of amides is 1. The normalized spacial score (nSPS) is 11.6. The molecule has 0 saturated carbocycles. The summed E-state index contributed by atoms with van der Waals surface area (Å²) in [6.45, 7) is -1.46. The molecule has 0 aliphatic carbocycles. The van der Waals surface area contributed by atoms with Gasteiger partial charge >= 0.3 is 6.18 Å². The van der Waals surface area contributed by atoms with Crippen LogP contribution in [0.15, 0.2) is 42.5 Å². The SMILES string of the molecule is NCCN(CC(F)(F)F)C(=O)c1cccc2ccccc12. The van der Waals surface area contributed by atoms with E-state index in [9.17, 15) is 18.0 Å². The first kappa shape index (κ1) is 15.3. The zero-order chi connectivity index (χ0) is 15.5. The number of halogens is 3. The molecule has 112 valence electrons. The van der Waals surface area contributed by atoms with Gasteiger partial charge in [-0.05, 0) is 16.8 Å². The summed E-state index contributed by atoms with van der Waals surface area (Å²) in [4.78, 5) is 13.1. The van der Waals surface area contributed by atoms with Crippen molar-refractivity contribution in [2.75, 3.05) is 19.6 Å².